The lowest BCUT2D eigenvalue weighted by molar-refractivity contribution is 0.586. The summed E-state index contributed by atoms with van der Waals surface area (Å²) in [6.07, 6.45) is 2.58. The largest absolute Gasteiger partial charge is 0.266 e. The van der Waals surface area contributed by atoms with Crippen molar-refractivity contribution in [2.75, 3.05) is 10.8 Å². The fourth-order valence-electron chi connectivity index (χ4n) is 3.49. The topological polar surface area (TPSA) is 37.4 Å². The number of hydrogen-bond donors (Lipinski definition) is 0. The summed E-state index contributed by atoms with van der Waals surface area (Å²) in [6.45, 7) is 0.533. The van der Waals surface area contributed by atoms with E-state index >= 15 is 0 Å². The summed E-state index contributed by atoms with van der Waals surface area (Å²) >= 11 is 0. The summed E-state index contributed by atoms with van der Waals surface area (Å²) < 4.78 is 27.8. The van der Waals surface area contributed by atoms with Gasteiger partial charge in [-0.3, -0.25) is 4.31 Å². The van der Waals surface area contributed by atoms with Gasteiger partial charge in [0.05, 0.1) is 10.6 Å². The number of hydrogen-bond acceptors (Lipinski definition) is 2. The van der Waals surface area contributed by atoms with Gasteiger partial charge < -0.3 is 0 Å². The number of sulfonamides is 1. The lowest BCUT2D eigenvalue weighted by Crippen LogP contribution is -2.35. The molecule has 0 unspecified atom stereocenters. The second-order valence-corrected chi connectivity index (χ2v) is 8.48. The second-order valence-electron chi connectivity index (χ2n) is 6.62. The zero-order chi connectivity index (χ0) is 18.0. The highest BCUT2D eigenvalue weighted by molar-refractivity contribution is 7.92. The summed E-state index contributed by atoms with van der Waals surface area (Å²) in [4.78, 5) is 0.353. The minimum Gasteiger partial charge on any atom is -0.266 e. The van der Waals surface area contributed by atoms with E-state index in [-0.39, 0.29) is 0 Å². The number of aryl methyl sites for hydroxylation is 1. The van der Waals surface area contributed by atoms with Gasteiger partial charge in [0, 0.05) is 6.54 Å². The molecule has 0 N–H and O–H groups in total. The zero-order valence-corrected chi connectivity index (χ0v) is 15.3. The average Bonchev–Trinajstić information content (AvgIpc) is 2.69. The molecule has 0 spiro atoms. The summed E-state index contributed by atoms with van der Waals surface area (Å²) in [5.74, 6) is 0. The van der Waals surface area contributed by atoms with Crippen molar-refractivity contribution in [3.63, 3.8) is 0 Å². The van der Waals surface area contributed by atoms with Crippen LogP contribution in [0.1, 0.15) is 23.1 Å². The first-order chi connectivity index (χ1) is 12.6. The van der Waals surface area contributed by atoms with Gasteiger partial charge in [-0.2, -0.15) is 0 Å². The Morgan fingerprint density at radius 3 is 2.19 bits per heavy atom. The molecule has 3 nitrogen and oxygen atoms in total. The fourth-order valence-corrected chi connectivity index (χ4v) is 5.03. The molecule has 0 aromatic heterocycles. The van der Waals surface area contributed by atoms with Crippen molar-refractivity contribution < 1.29 is 8.42 Å². The molecule has 1 heterocycles. The number of fused-ring (bicyclic) bond motifs is 1. The van der Waals surface area contributed by atoms with Crippen molar-refractivity contribution in [2.24, 2.45) is 0 Å². The van der Waals surface area contributed by atoms with Gasteiger partial charge in [-0.05, 0) is 54.2 Å². The van der Waals surface area contributed by atoms with Crippen molar-refractivity contribution in [1.82, 2.24) is 0 Å². The van der Waals surface area contributed by atoms with E-state index < -0.39 is 10.0 Å². The molecule has 3 aromatic rings. The summed E-state index contributed by atoms with van der Waals surface area (Å²) in [6, 6.07) is 25.2. The first-order valence-corrected chi connectivity index (χ1v) is 10.3. The Bertz CT molecular complexity index is 996. The molecule has 4 rings (SSSR count). The Labute approximate surface area is 155 Å². The monoisotopic (exact) mass is 363 g/mol. The standard InChI is InChI=1S/C22H21NO2S/c24-26(25,23-16-6-10-20-9-4-5-11-22(20)23)21-14-12-19(13-15-21)17-18-7-2-1-3-8-18/h1-5,7-9,11-15H,6,10,16-17H2. The maximum atomic E-state index is 13.1. The third-order valence-electron chi connectivity index (χ3n) is 4.83. The molecule has 0 fully saturated rings. The molecule has 0 saturated carbocycles. The van der Waals surface area contributed by atoms with E-state index in [0.29, 0.717) is 11.4 Å². The van der Waals surface area contributed by atoms with Crippen LogP contribution in [-0.4, -0.2) is 15.0 Å². The minimum absolute atomic E-state index is 0.353. The molecule has 0 saturated heterocycles. The van der Waals surface area contributed by atoms with Gasteiger partial charge in [-0.25, -0.2) is 8.42 Å². The third kappa shape index (κ3) is 3.25. The van der Waals surface area contributed by atoms with E-state index in [9.17, 15) is 8.42 Å². The lowest BCUT2D eigenvalue weighted by Gasteiger charge is -2.30. The predicted molar refractivity (Wildman–Crippen MR) is 105 cm³/mol. The van der Waals surface area contributed by atoms with Gasteiger partial charge in [-0.15, -0.1) is 0 Å². The van der Waals surface area contributed by atoms with Crippen LogP contribution in [0, 0.1) is 0 Å². The van der Waals surface area contributed by atoms with Crippen LogP contribution in [0.25, 0.3) is 0 Å². The maximum absolute atomic E-state index is 13.1. The number of benzene rings is 3. The zero-order valence-electron chi connectivity index (χ0n) is 14.5. The van der Waals surface area contributed by atoms with Crippen molar-refractivity contribution in [3.8, 4) is 0 Å². The van der Waals surface area contributed by atoms with E-state index in [1.165, 1.54) is 5.56 Å². The predicted octanol–water partition coefficient (Wildman–Crippen LogP) is 4.42. The quantitative estimate of drug-likeness (QED) is 0.688. The first-order valence-electron chi connectivity index (χ1n) is 8.88. The SMILES string of the molecule is O=S(=O)(c1ccc(Cc2ccccc2)cc1)N1CCCc2ccccc21. The Kier molecular flexibility index (Phi) is 4.51. The molecule has 4 heteroatoms. The Morgan fingerprint density at radius 2 is 1.42 bits per heavy atom. The van der Waals surface area contributed by atoms with Gasteiger partial charge >= 0.3 is 0 Å². The molecule has 3 aromatic carbocycles. The first kappa shape index (κ1) is 16.9. The maximum Gasteiger partial charge on any atom is 0.264 e. The second kappa shape index (κ2) is 6.96. The fraction of sp³-hybridized carbons (Fsp3) is 0.182. The molecule has 0 amide bonds. The number of anilines is 1. The van der Waals surface area contributed by atoms with Crippen LogP contribution in [0.15, 0.2) is 83.8 Å². The summed E-state index contributed by atoms with van der Waals surface area (Å²) in [7, 11) is -3.53. The molecule has 0 bridgehead atoms. The van der Waals surface area contributed by atoms with Gasteiger partial charge in [0.2, 0.25) is 0 Å². The molecule has 26 heavy (non-hydrogen) atoms. The molecule has 0 radical (unpaired) electrons. The van der Waals surface area contributed by atoms with Crippen LogP contribution in [-0.2, 0) is 22.9 Å². The van der Waals surface area contributed by atoms with E-state index in [4.69, 9.17) is 0 Å². The molecular weight excluding hydrogens is 342 g/mol. The van der Waals surface area contributed by atoms with Crippen LogP contribution >= 0.6 is 0 Å². The smallest absolute Gasteiger partial charge is 0.264 e. The lowest BCUT2D eigenvalue weighted by atomic mass is 10.0. The van der Waals surface area contributed by atoms with Gasteiger partial charge in [-0.1, -0.05) is 60.7 Å². The van der Waals surface area contributed by atoms with Crippen molar-refractivity contribution in [1.29, 1.82) is 0 Å². The highest BCUT2D eigenvalue weighted by Crippen LogP contribution is 2.31. The highest BCUT2D eigenvalue weighted by Gasteiger charge is 2.28. The van der Waals surface area contributed by atoms with Crippen LogP contribution in [0.3, 0.4) is 0 Å². The molecule has 1 aliphatic heterocycles. The molecule has 132 valence electrons. The molecular formula is C22H21NO2S. The number of para-hydroxylation sites is 1. The van der Waals surface area contributed by atoms with Crippen molar-refractivity contribution in [3.05, 3.63) is 95.6 Å². The summed E-state index contributed by atoms with van der Waals surface area (Å²) in [5, 5.41) is 0. The normalized spacial score (nSPS) is 14.1. The minimum atomic E-state index is -3.53. The van der Waals surface area contributed by atoms with Gasteiger partial charge in [0.15, 0.2) is 0 Å². The van der Waals surface area contributed by atoms with Crippen LogP contribution < -0.4 is 4.31 Å². The number of rotatable bonds is 4. The summed E-state index contributed by atoms with van der Waals surface area (Å²) in [5.41, 5.74) is 4.23. The van der Waals surface area contributed by atoms with E-state index in [1.807, 2.05) is 54.6 Å². The van der Waals surface area contributed by atoms with Crippen LogP contribution in [0.5, 0.6) is 0 Å². The third-order valence-corrected chi connectivity index (χ3v) is 6.66. The van der Waals surface area contributed by atoms with E-state index in [1.54, 1.807) is 16.4 Å². The van der Waals surface area contributed by atoms with Crippen LogP contribution in [0.2, 0.25) is 0 Å². The van der Waals surface area contributed by atoms with Crippen molar-refractivity contribution >= 4 is 15.7 Å². The Morgan fingerprint density at radius 1 is 0.769 bits per heavy atom. The number of nitrogens with zero attached hydrogens (tertiary/aromatic N) is 1. The average molecular weight is 363 g/mol. The van der Waals surface area contributed by atoms with Gasteiger partial charge in [0.25, 0.3) is 10.0 Å². The van der Waals surface area contributed by atoms with Crippen molar-refractivity contribution in [2.45, 2.75) is 24.2 Å². The molecule has 0 atom stereocenters. The van der Waals surface area contributed by atoms with E-state index in [2.05, 4.69) is 12.1 Å². The highest BCUT2D eigenvalue weighted by atomic mass is 32.2. The van der Waals surface area contributed by atoms with E-state index in [0.717, 1.165) is 36.1 Å². The Hall–Kier alpha value is -2.59. The molecule has 1 aliphatic rings. The van der Waals surface area contributed by atoms with Gasteiger partial charge in [0.1, 0.15) is 0 Å². The molecule has 0 aliphatic carbocycles. The van der Waals surface area contributed by atoms with Crippen LogP contribution in [0.4, 0.5) is 5.69 Å². The Balaban J connectivity index is 1.61.